The summed E-state index contributed by atoms with van der Waals surface area (Å²) in [4.78, 5) is 11.3. The zero-order chi connectivity index (χ0) is 12.0. The Morgan fingerprint density at radius 2 is 2.25 bits per heavy atom. The number of anilines is 1. The van der Waals surface area contributed by atoms with Crippen LogP contribution in [0, 0.1) is 5.82 Å². The zero-order valence-corrected chi connectivity index (χ0v) is 9.09. The lowest BCUT2D eigenvalue weighted by Gasteiger charge is -2.07. The zero-order valence-electron chi connectivity index (χ0n) is 9.09. The summed E-state index contributed by atoms with van der Waals surface area (Å²) >= 11 is 0. The lowest BCUT2D eigenvalue weighted by atomic mass is 10.3. The summed E-state index contributed by atoms with van der Waals surface area (Å²) in [6, 6.07) is 3.12. The Morgan fingerprint density at radius 3 is 2.88 bits per heavy atom. The molecular weight excluding hydrogens is 211 g/mol. The summed E-state index contributed by atoms with van der Waals surface area (Å²) in [5.74, 6) is -0.833. The highest BCUT2D eigenvalue weighted by Gasteiger charge is 2.06. The van der Waals surface area contributed by atoms with E-state index in [4.69, 9.17) is 5.11 Å². The second kappa shape index (κ2) is 5.95. The van der Waals surface area contributed by atoms with Gasteiger partial charge in [0.2, 0.25) is 0 Å². The number of aromatic hydroxyl groups is 1. The number of carbonyl (C=O) groups excluding carboxylic acids is 1. The Balaban J connectivity index is 2.49. The van der Waals surface area contributed by atoms with Gasteiger partial charge in [-0.1, -0.05) is 13.3 Å². The van der Waals surface area contributed by atoms with Crippen molar-refractivity contribution < 1.29 is 14.3 Å². The number of carbonyl (C=O) groups is 1. The van der Waals surface area contributed by atoms with Crippen molar-refractivity contribution in [1.82, 2.24) is 5.32 Å². The van der Waals surface area contributed by atoms with Crippen molar-refractivity contribution in [2.75, 3.05) is 11.9 Å². The first-order chi connectivity index (χ1) is 7.63. The summed E-state index contributed by atoms with van der Waals surface area (Å²) in [7, 11) is 0. The predicted octanol–water partition coefficient (Wildman–Crippen LogP) is 2.45. The second-order valence-corrected chi connectivity index (χ2v) is 3.40. The highest BCUT2D eigenvalue weighted by molar-refractivity contribution is 5.89. The summed E-state index contributed by atoms with van der Waals surface area (Å²) in [5.41, 5.74) is 0.0480. The number of nitrogens with one attached hydrogen (secondary N) is 2. The average Bonchev–Trinajstić information content (AvgIpc) is 2.23. The maximum Gasteiger partial charge on any atom is 0.319 e. The summed E-state index contributed by atoms with van der Waals surface area (Å²) in [6.07, 6.45) is 1.86. The molecule has 88 valence electrons. The van der Waals surface area contributed by atoms with Crippen LogP contribution in [-0.4, -0.2) is 17.7 Å². The van der Waals surface area contributed by atoms with Crippen LogP contribution in [-0.2, 0) is 0 Å². The van der Waals surface area contributed by atoms with Gasteiger partial charge in [0.1, 0.15) is 11.6 Å². The van der Waals surface area contributed by atoms with Gasteiger partial charge in [0.25, 0.3) is 0 Å². The number of hydrogen-bond donors (Lipinski definition) is 3. The number of benzene rings is 1. The SMILES string of the molecule is CCCCNC(=O)Nc1ccc(O)cc1F. The van der Waals surface area contributed by atoms with E-state index in [0.717, 1.165) is 18.9 Å². The molecule has 0 aromatic heterocycles. The minimum atomic E-state index is -0.661. The van der Waals surface area contributed by atoms with Gasteiger partial charge in [-0.05, 0) is 18.6 Å². The molecule has 0 atom stereocenters. The number of phenols is 1. The molecule has 5 heteroatoms. The van der Waals surface area contributed by atoms with E-state index in [1.807, 2.05) is 6.92 Å². The van der Waals surface area contributed by atoms with E-state index in [-0.39, 0.29) is 11.4 Å². The molecule has 3 N–H and O–H groups in total. The molecule has 0 bridgehead atoms. The van der Waals surface area contributed by atoms with Crippen molar-refractivity contribution in [2.45, 2.75) is 19.8 Å². The molecule has 16 heavy (non-hydrogen) atoms. The van der Waals surface area contributed by atoms with Gasteiger partial charge in [0.05, 0.1) is 5.69 Å². The van der Waals surface area contributed by atoms with E-state index in [2.05, 4.69) is 10.6 Å². The van der Waals surface area contributed by atoms with Crippen LogP contribution in [0.3, 0.4) is 0 Å². The number of urea groups is 1. The minimum Gasteiger partial charge on any atom is -0.508 e. The highest BCUT2D eigenvalue weighted by Crippen LogP contribution is 2.18. The predicted molar refractivity (Wildman–Crippen MR) is 60.0 cm³/mol. The fourth-order valence-corrected chi connectivity index (χ4v) is 1.15. The van der Waals surface area contributed by atoms with Crippen LogP contribution in [0.15, 0.2) is 18.2 Å². The lowest BCUT2D eigenvalue weighted by molar-refractivity contribution is 0.252. The molecular formula is C11H15FN2O2. The average molecular weight is 226 g/mol. The largest absolute Gasteiger partial charge is 0.508 e. The number of unbranched alkanes of at least 4 members (excludes halogenated alkanes) is 1. The number of rotatable bonds is 4. The summed E-state index contributed by atoms with van der Waals surface area (Å²) in [5, 5.41) is 13.9. The van der Waals surface area contributed by atoms with Crippen LogP contribution >= 0.6 is 0 Å². The van der Waals surface area contributed by atoms with Crippen molar-refractivity contribution in [1.29, 1.82) is 0 Å². The Labute approximate surface area is 93.5 Å². The standard InChI is InChI=1S/C11H15FN2O2/c1-2-3-6-13-11(16)14-10-5-4-8(15)7-9(10)12/h4-5,7,15H,2-3,6H2,1H3,(H2,13,14,16). The summed E-state index contributed by atoms with van der Waals surface area (Å²) in [6.45, 7) is 2.57. The Morgan fingerprint density at radius 1 is 1.50 bits per heavy atom. The molecule has 0 radical (unpaired) electrons. The molecule has 2 amide bonds. The quantitative estimate of drug-likeness (QED) is 0.545. The van der Waals surface area contributed by atoms with Crippen molar-refractivity contribution >= 4 is 11.7 Å². The van der Waals surface area contributed by atoms with E-state index >= 15 is 0 Å². The van der Waals surface area contributed by atoms with Crippen LogP contribution < -0.4 is 10.6 Å². The first kappa shape index (κ1) is 12.3. The second-order valence-electron chi connectivity index (χ2n) is 3.40. The van der Waals surface area contributed by atoms with Gasteiger partial charge in [-0.2, -0.15) is 0 Å². The number of phenolic OH excluding ortho intramolecular Hbond substituents is 1. The molecule has 0 aliphatic rings. The molecule has 0 spiro atoms. The summed E-state index contributed by atoms with van der Waals surface area (Å²) < 4.78 is 13.2. The van der Waals surface area contributed by atoms with Gasteiger partial charge in [0.15, 0.2) is 0 Å². The number of amides is 2. The van der Waals surface area contributed by atoms with Crippen LogP contribution in [0.1, 0.15) is 19.8 Å². The van der Waals surface area contributed by atoms with Crippen molar-refractivity contribution in [3.05, 3.63) is 24.0 Å². The third-order valence-electron chi connectivity index (χ3n) is 2.02. The topological polar surface area (TPSA) is 61.4 Å². The van der Waals surface area contributed by atoms with Gasteiger partial charge in [-0.3, -0.25) is 0 Å². The molecule has 4 nitrogen and oxygen atoms in total. The van der Waals surface area contributed by atoms with E-state index in [9.17, 15) is 9.18 Å². The highest BCUT2D eigenvalue weighted by atomic mass is 19.1. The third kappa shape index (κ3) is 3.76. The van der Waals surface area contributed by atoms with E-state index in [1.165, 1.54) is 12.1 Å². The van der Waals surface area contributed by atoms with Gasteiger partial charge in [-0.15, -0.1) is 0 Å². The normalized spacial score (nSPS) is 9.88. The molecule has 0 fully saturated rings. The third-order valence-corrected chi connectivity index (χ3v) is 2.02. The van der Waals surface area contributed by atoms with Crippen molar-refractivity contribution in [3.63, 3.8) is 0 Å². The molecule has 0 saturated heterocycles. The Kier molecular flexibility index (Phi) is 4.57. The fraction of sp³-hybridized carbons (Fsp3) is 0.364. The van der Waals surface area contributed by atoms with Gasteiger partial charge in [0, 0.05) is 12.6 Å². The number of hydrogen-bond acceptors (Lipinski definition) is 2. The first-order valence-corrected chi connectivity index (χ1v) is 5.17. The fourth-order valence-electron chi connectivity index (χ4n) is 1.15. The Bertz CT molecular complexity index is 369. The van der Waals surface area contributed by atoms with Crippen LogP contribution in [0.25, 0.3) is 0 Å². The molecule has 0 aliphatic carbocycles. The van der Waals surface area contributed by atoms with Crippen LogP contribution in [0.4, 0.5) is 14.9 Å². The lowest BCUT2D eigenvalue weighted by Crippen LogP contribution is -2.29. The molecule has 0 heterocycles. The van der Waals surface area contributed by atoms with Gasteiger partial charge < -0.3 is 15.7 Å². The van der Waals surface area contributed by atoms with Crippen molar-refractivity contribution in [2.24, 2.45) is 0 Å². The van der Waals surface area contributed by atoms with E-state index in [1.54, 1.807) is 0 Å². The molecule has 0 aliphatic heterocycles. The molecule has 0 saturated carbocycles. The molecule has 1 rings (SSSR count). The maximum atomic E-state index is 13.2. The molecule has 1 aromatic carbocycles. The molecule has 0 unspecified atom stereocenters. The van der Waals surface area contributed by atoms with E-state index < -0.39 is 11.8 Å². The molecule has 1 aromatic rings. The van der Waals surface area contributed by atoms with Crippen LogP contribution in [0.2, 0.25) is 0 Å². The van der Waals surface area contributed by atoms with Gasteiger partial charge >= 0.3 is 6.03 Å². The van der Waals surface area contributed by atoms with E-state index in [0.29, 0.717) is 6.54 Å². The van der Waals surface area contributed by atoms with Crippen LogP contribution in [0.5, 0.6) is 5.75 Å². The smallest absolute Gasteiger partial charge is 0.319 e. The Hall–Kier alpha value is -1.78. The maximum absolute atomic E-state index is 13.2. The first-order valence-electron chi connectivity index (χ1n) is 5.17. The monoisotopic (exact) mass is 226 g/mol. The minimum absolute atomic E-state index is 0.0480. The van der Waals surface area contributed by atoms with Gasteiger partial charge in [-0.25, -0.2) is 9.18 Å². The number of halogens is 1. The van der Waals surface area contributed by atoms with Crippen molar-refractivity contribution in [3.8, 4) is 5.75 Å².